The first-order valence-electron chi connectivity index (χ1n) is 5.67. The van der Waals surface area contributed by atoms with Crippen LogP contribution in [0.15, 0.2) is 41.1 Å². The molecule has 18 heavy (non-hydrogen) atoms. The molecular formula is C14H15NO2S. The Morgan fingerprint density at radius 1 is 1.28 bits per heavy atom. The maximum atomic E-state index is 12.0. The summed E-state index contributed by atoms with van der Waals surface area (Å²) in [5, 5.41) is 13.3. The van der Waals surface area contributed by atoms with Crippen molar-refractivity contribution >= 4 is 17.1 Å². The molecule has 0 aliphatic rings. The average molecular weight is 261 g/mol. The summed E-state index contributed by atoms with van der Waals surface area (Å²) in [6.07, 6.45) is 0. The van der Waals surface area contributed by atoms with Crippen LogP contribution in [-0.4, -0.2) is 29.4 Å². The first kappa shape index (κ1) is 12.8. The first-order chi connectivity index (χ1) is 8.65. The number of phenolic OH excluding ortho intramolecular Hbond substituents is 1. The zero-order valence-electron chi connectivity index (χ0n) is 10.2. The van der Waals surface area contributed by atoms with Gasteiger partial charge in [-0.15, -0.1) is 0 Å². The minimum absolute atomic E-state index is 0.0627. The van der Waals surface area contributed by atoms with E-state index in [9.17, 15) is 9.90 Å². The second-order valence-corrected chi connectivity index (χ2v) is 5.05. The van der Waals surface area contributed by atoms with Gasteiger partial charge in [-0.25, -0.2) is 0 Å². The molecule has 0 atom stereocenters. The van der Waals surface area contributed by atoms with Crippen LogP contribution in [0, 0.1) is 0 Å². The second kappa shape index (κ2) is 5.80. The van der Waals surface area contributed by atoms with E-state index in [1.807, 2.05) is 17.3 Å². The second-order valence-electron chi connectivity index (χ2n) is 4.27. The lowest BCUT2D eigenvalue weighted by molar-refractivity contribution is 0.0943. The van der Waals surface area contributed by atoms with Gasteiger partial charge in [-0.3, -0.25) is 9.69 Å². The van der Waals surface area contributed by atoms with Crippen LogP contribution in [-0.2, 0) is 6.54 Å². The molecule has 1 N–H and O–H groups in total. The zero-order chi connectivity index (χ0) is 13.0. The topological polar surface area (TPSA) is 40.5 Å². The monoisotopic (exact) mass is 261 g/mol. The van der Waals surface area contributed by atoms with Gasteiger partial charge in [-0.1, -0.05) is 0 Å². The van der Waals surface area contributed by atoms with Crippen LogP contribution >= 0.6 is 11.3 Å². The lowest BCUT2D eigenvalue weighted by atomic mass is 10.1. The minimum Gasteiger partial charge on any atom is -0.508 e. The largest absolute Gasteiger partial charge is 0.508 e. The Kier molecular flexibility index (Phi) is 4.12. The molecule has 0 fully saturated rings. The first-order valence-corrected chi connectivity index (χ1v) is 6.61. The Bertz CT molecular complexity index is 505. The van der Waals surface area contributed by atoms with Crippen molar-refractivity contribution in [2.75, 3.05) is 13.6 Å². The predicted octanol–water partition coefficient (Wildman–Crippen LogP) is 2.77. The molecule has 0 radical (unpaired) electrons. The summed E-state index contributed by atoms with van der Waals surface area (Å²) in [5.41, 5.74) is 1.85. The van der Waals surface area contributed by atoms with E-state index in [2.05, 4.69) is 11.4 Å². The van der Waals surface area contributed by atoms with E-state index in [4.69, 9.17) is 0 Å². The molecule has 94 valence electrons. The van der Waals surface area contributed by atoms with Crippen LogP contribution in [0.3, 0.4) is 0 Å². The molecule has 0 saturated heterocycles. The van der Waals surface area contributed by atoms with Gasteiger partial charge in [0.15, 0.2) is 5.78 Å². The van der Waals surface area contributed by atoms with Crippen LogP contribution in [0.5, 0.6) is 5.75 Å². The number of aromatic hydroxyl groups is 1. The van der Waals surface area contributed by atoms with Crippen LogP contribution in [0.2, 0.25) is 0 Å². The predicted molar refractivity (Wildman–Crippen MR) is 73.1 cm³/mol. The fourth-order valence-corrected chi connectivity index (χ4v) is 2.39. The number of hydrogen-bond acceptors (Lipinski definition) is 4. The van der Waals surface area contributed by atoms with Crippen LogP contribution in [0.25, 0.3) is 0 Å². The van der Waals surface area contributed by atoms with Crippen molar-refractivity contribution in [1.29, 1.82) is 0 Å². The van der Waals surface area contributed by atoms with Crippen molar-refractivity contribution in [3.05, 3.63) is 52.2 Å². The highest BCUT2D eigenvalue weighted by atomic mass is 32.1. The smallest absolute Gasteiger partial charge is 0.176 e. The van der Waals surface area contributed by atoms with Gasteiger partial charge in [0.25, 0.3) is 0 Å². The van der Waals surface area contributed by atoms with E-state index in [1.165, 1.54) is 17.7 Å². The molecule has 0 spiro atoms. The van der Waals surface area contributed by atoms with Crippen molar-refractivity contribution in [3.8, 4) is 5.75 Å². The van der Waals surface area contributed by atoms with Crippen molar-refractivity contribution in [3.63, 3.8) is 0 Å². The molecule has 1 aromatic carbocycles. The maximum Gasteiger partial charge on any atom is 0.176 e. The number of carbonyl (C=O) groups excluding carboxylic acids is 1. The summed E-state index contributed by atoms with van der Waals surface area (Å²) < 4.78 is 0. The third-order valence-corrected chi connectivity index (χ3v) is 3.37. The highest BCUT2D eigenvalue weighted by Gasteiger charge is 2.09. The Morgan fingerprint density at radius 2 is 2.00 bits per heavy atom. The number of rotatable bonds is 5. The summed E-state index contributed by atoms with van der Waals surface area (Å²) >= 11 is 1.66. The molecule has 1 aromatic heterocycles. The number of thiophene rings is 1. The van der Waals surface area contributed by atoms with E-state index in [1.54, 1.807) is 23.5 Å². The fraction of sp³-hybridized carbons (Fsp3) is 0.214. The summed E-state index contributed by atoms with van der Waals surface area (Å²) in [6.45, 7) is 1.15. The van der Waals surface area contributed by atoms with Crippen molar-refractivity contribution in [2.24, 2.45) is 0 Å². The highest BCUT2D eigenvalue weighted by Crippen LogP contribution is 2.12. The maximum absolute atomic E-state index is 12.0. The quantitative estimate of drug-likeness (QED) is 0.841. The molecular weight excluding hydrogens is 246 g/mol. The van der Waals surface area contributed by atoms with E-state index in [0.717, 1.165) is 6.54 Å². The normalized spacial score (nSPS) is 10.8. The Labute approximate surface area is 110 Å². The van der Waals surface area contributed by atoms with E-state index >= 15 is 0 Å². The van der Waals surface area contributed by atoms with Crippen molar-refractivity contribution < 1.29 is 9.90 Å². The van der Waals surface area contributed by atoms with E-state index in [0.29, 0.717) is 12.1 Å². The molecule has 0 unspecified atom stereocenters. The molecule has 4 heteroatoms. The number of phenols is 1. The summed E-state index contributed by atoms with van der Waals surface area (Å²) in [6, 6.07) is 8.43. The number of nitrogens with zero attached hydrogens (tertiary/aromatic N) is 1. The lowest BCUT2D eigenvalue weighted by Gasteiger charge is -2.14. The molecule has 2 aromatic rings. The van der Waals surface area contributed by atoms with Gasteiger partial charge in [0.1, 0.15) is 5.75 Å². The molecule has 0 bridgehead atoms. The number of hydrogen-bond donors (Lipinski definition) is 1. The molecule has 0 saturated carbocycles. The molecule has 0 amide bonds. The Hall–Kier alpha value is -1.65. The average Bonchev–Trinajstić information content (AvgIpc) is 2.82. The number of benzene rings is 1. The highest BCUT2D eigenvalue weighted by molar-refractivity contribution is 7.07. The lowest BCUT2D eigenvalue weighted by Crippen LogP contribution is -2.25. The third-order valence-electron chi connectivity index (χ3n) is 2.64. The molecule has 2 rings (SSSR count). The number of Topliss-reactive ketones (excluding diaryl/α,β-unsaturated/α-hetero) is 1. The molecule has 0 aliphatic heterocycles. The van der Waals surface area contributed by atoms with Gasteiger partial charge in [0, 0.05) is 12.1 Å². The minimum atomic E-state index is 0.0627. The summed E-state index contributed by atoms with van der Waals surface area (Å²) in [5.74, 6) is 0.242. The third kappa shape index (κ3) is 3.42. The standard InChI is InChI=1S/C14H15NO2S/c1-15(8-11-6-7-18-10-11)9-14(17)12-2-4-13(16)5-3-12/h2-7,10,16H,8-9H2,1H3. The number of carbonyl (C=O) groups is 1. The van der Waals surface area contributed by atoms with Crippen molar-refractivity contribution in [1.82, 2.24) is 4.90 Å². The van der Waals surface area contributed by atoms with Gasteiger partial charge in [-0.2, -0.15) is 11.3 Å². The van der Waals surface area contributed by atoms with E-state index < -0.39 is 0 Å². The number of likely N-dealkylation sites (N-methyl/N-ethyl adjacent to an activating group) is 1. The Balaban J connectivity index is 1.92. The Morgan fingerprint density at radius 3 is 2.61 bits per heavy atom. The van der Waals surface area contributed by atoms with Gasteiger partial charge in [-0.05, 0) is 53.7 Å². The molecule has 1 heterocycles. The van der Waals surface area contributed by atoms with Gasteiger partial charge < -0.3 is 5.11 Å². The van der Waals surface area contributed by atoms with Gasteiger partial charge in [0.05, 0.1) is 6.54 Å². The fourth-order valence-electron chi connectivity index (χ4n) is 1.73. The van der Waals surface area contributed by atoms with Gasteiger partial charge in [0.2, 0.25) is 0 Å². The SMILES string of the molecule is CN(CC(=O)c1ccc(O)cc1)Cc1ccsc1. The van der Waals surface area contributed by atoms with Crippen molar-refractivity contribution in [2.45, 2.75) is 6.54 Å². The van der Waals surface area contributed by atoms with Crippen LogP contribution in [0.4, 0.5) is 0 Å². The summed E-state index contributed by atoms with van der Waals surface area (Å²) in [4.78, 5) is 14.0. The summed E-state index contributed by atoms with van der Waals surface area (Å²) in [7, 11) is 1.93. The van der Waals surface area contributed by atoms with Crippen LogP contribution in [0.1, 0.15) is 15.9 Å². The molecule has 3 nitrogen and oxygen atoms in total. The zero-order valence-corrected chi connectivity index (χ0v) is 11.0. The number of ketones is 1. The molecule has 0 aliphatic carbocycles. The van der Waals surface area contributed by atoms with E-state index in [-0.39, 0.29) is 11.5 Å². The van der Waals surface area contributed by atoms with Crippen LogP contribution < -0.4 is 0 Å². The van der Waals surface area contributed by atoms with Gasteiger partial charge >= 0.3 is 0 Å².